The highest BCUT2D eigenvalue weighted by molar-refractivity contribution is 5.80. The van der Waals surface area contributed by atoms with Gasteiger partial charge in [-0.2, -0.15) is 0 Å². The van der Waals surface area contributed by atoms with Crippen LogP contribution < -0.4 is 10.1 Å². The highest BCUT2D eigenvalue weighted by atomic mass is 16.5. The van der Waals surface area contributed by atoms with Crippen LogP contribution in [0.2, 0.25) is 0 Å². The molecular formula is C23H30N2O2. The Hall–Kier alpha value is -2.33. The van der Waals surface area contributed by atoms with Crippen molar-refractivity contribution in [2.45, 2.75) is 52.8 Å². The van der Waals surface area contributed by atoms with Crippen LogP contribution in [0.5, 0.6) is 5.75 Å². The quantitative estimate of drug-likeness (QED) is 0.806. The summed E-state index contributed by atoms with van der Waals surface area (Å²) >= 11 is 0. The summed E-state index contributed by atoms with van der Waals surface area (Å²) in [5.74, 6) is 0.638. The van der Waals surface area contributed by atoms with Gasteiger partial charge in [-0.3, -0.25) is 9.69 Å². The minimum absolute atomic E-state index is 0.0933. The molecule has 0 bridgehead atoms. The van der Waals surface area contributed by atoms with E-state index in [0.29, 0.717) is 6.54 Å². The Morgan fingerprint density at radius 1 is 1.07 bits per heavy atom. The van der Waals surface area contributed by atoms with Crippen LogP contribution in [-0.4, -0.2) is 30.0 Å². The molecule has 1 N–H and O–H groups in total. The van der Waals surface area contributed by atoms with Crippen molar-refractivity contribution in [3.63, 3.8) is 0 Å². The number of likely N-dealkylation sites (tertiary alicyclic amines) is 1. The summed E-state index contributed by atoms with van der Waals surface area (Å²) < 4.78 is 5.82. The van der Waals surface area contributed by atoms with Crippen molar-refractivity contribution < 1.29 is 9.53 Å². The summed E-state index contributed by atoms with van der Waals surface area (Å²) in [5, 5.41) is 3.03. The summed E-state index contributed by atoms with van der Waals surface area (Å²) in [7, 11) is 0. The van der Waals surface area contributed by atoms with Crippen LogP contribution in [0.1, 0.15) is 42.0 Å². The molecule has 1 aliphatic heterocycles. The Labute approximate surface area is 162 Å². The number of benzene rings is 2. The normalized spacial score (nSPS) is 15.5. The number of carbonyl (C=O) groups excluding carboxylic acids is 1. The first-order chi connectivity index (χ1) is 13.0. The van der Waals surface area contributed by atoms with E-state index in [9.17, 15) is 4.79 Å². The summed E-state index contributed by atoms with van der Waals surface area (Å²) in [6.07, 6.45) is 2.04. The molecule has 1 atom stereocenters. The SMILES string of the molecule is Cc1ccc(OC(C)C(=O)NCc2ccccc2CN2CCCC2)cc1C. The van der Waals surface area contributed by atoms with E-state index >= 15 is 0 Å². The first kappa shape index (κ1) is 19.4. The third-order valence-electron chi connectivity index (χ3n) is 5.32. The minimum atomic E-state index is -0.530. The largest absolute Gasteiger partial charge is 0.481 e. The highest BCUT2D eigenvalue weighted by Crippen LogP contribution is 2.18. The predicted molar refractivity (Wildman–Crippen MR) is 109 cm³/mol. The van der Waals surface area contributed by atoms with Gasteiger partial charge in [0.1, 0.15) is 5.75 Å². The maximum atomic E-state index is 12.5. The molecule has 1 unspecified atom stereocenters. The Morgan fingerprint density at radius 3 is 2.48 bits per heavy atom. The molecule has 0 spiro atoms. The Morgan fingerprint density at radius 2 is 1.78 bits per heavy atom. The van der Waals surface area contributed by atoms with Gasteiger partial charge < -0.3 is 10.1 Å². The van der Waals surface area contributed by atoms with Crippen molar-refractivity contribution in [1.82, 2.24) is 10.2 Å². The van der Waals surface area contributed by atoms with Gasteiger partial charge in [-0.1, -0.05) is 30.3 Å². The first-order valence-corrected chi connectivity index (χ1v) is 9.83. The number of nitrogens with zero attached hydrogens (tertiary/aromatic N) is 1. The Kier molecular flexibility index (Phi) is 6.51. The zero-order valence-corrected chi connectivity index (χ0v) is 16.6. The van der Waals surface area contributed by atoms with Crippen LogP contribution in [0.15, 0.2) is 42.5 Å². The van der Waals surface area contributed by atoms with Crippen molar-refractivity contribution in [2.75, 3.05) is 13.1 Å². The van der Waals surface area contributed by atoms with E-state index in [0.717, 1.165) is 17.9 Å². The molecule has 1 saturated heterocycles. The van der Waals surface area contributed by atoms with E-state index in [1.165, 1.54) is 42.6 Å². The molecule has 4 nitrogen and oxygen atoms in total. The summed E-state index contributed by atoms with van der Waals surface area (Å²) in [5.41, 5.74) is 4.85. The maximum Gasteiger partial charge on any atom is 0.261 e. The second-order valence-corrected chi connectivity index (χ2v) is 7.48. The molecule has 3 rings (SSSR count). The molecule has 0 radical (unpaired) electrons. The van der Waals surface area contributed by atoms with Gasteiger partial charge in [-0.05, 0) is 81.1 Å². The molecule has 0 aliphatic carbocycles. The van der Waals surface area contributed by atoms with Gasteiger partial charge in [-0.25, -0.2) is 0 Å². The van der Waals surface area contributed by atoms with Crippen LogP contribution in [0.3, 0.4) is 0 Å². The highest BCUT2D eigenvalue weighted by Gasteiger charge is 2.17. The van der Waals surface area contributed by atoms with Crippen molar-refractivity contribution >= 4 is 5.91 Å². The van der Waals surface area contributed by atoms with Crippen LogP contribution in [-0.2, 0) is 17.9 Å². The van der Waals surface area contributed by atoms with Crippen LogP contribution in [0.4, 0.5) is 0 Å². The standard InChI is InChI=1S/C23H30N2O2/c1-17-10-11-22(14-18(17)2)27-19(3)23(26)24-15-20-8-4-5-9-21(20)16-25-12-6-7-13-25/h4-5,8-11,14,19H,6-7,12-13,15-16H2,1-3H3,(H,24,26). The molecule has 1 aliphatic rings. The summed E-state index contributed by atoms with van der Waals surface area (Å²) in [6.45, 7) is 9.73. The summed E-state index contributed by atoms with van der Waals surface area (Å²) in [6, 6.07) is 14.3. The van der Waals surface area contributed by atoms with E-state index in [2.05, 4.69) is 35.3 Å². The van der Waals surface area contributed by atoms with E-state index in [1.807, 2.05) is 31.2 Å². The van der Waals surface area contributed by atoms with Gasteiger partial charge in [-0.15, -0.1) is 0 Å². The van der Waals surface area contributed by atoms with Crippen molar-refractivity contribution in [2.24, 2.45) is 0 Å². The first-order valence-electron chi connectivity index (χ1n) is 9.83. The third-order valence-corrected chi connectivity index (χ3v) is 5.32. The number of nitrogens with one attached hydrogen (secondary N) is 1. The topological polar surface area (TPSA) is 41.6 Å². The Bertz CT molecular complexity index is 782. The number of hydrogen-bond donors (Lipinski definition) is 1. The second kappa shape index (κ2) is 9.05. The number of ether oxygens (including phenoxy) is 1. The lowest BCUT2D eigenvalue weighted by Gasteiger charge is -2.19. The molecule has 1 fully saturated rings. The lowest BCUT2D eigenvalue weighted by Crippen LogP contribution is -2.36. The van der Waals surface area contributed by atoms with Gasteiger partial charge in [0, 0.05) is 13.1 Å². The fraction of sp³-hybridized carbons (Fsp3) is 0.435. The maximum absolute atomic E-state index is 12.5. The number of amides is 1. The number of aryl methyl sites for hydroxylation is 2. The number of rotatable bonds is 7. The fourth-order valence-electron chi connectivity index (χ4n) is 3.44. The van der Waals surface area contributed by atoms with Gasteiger partial charge in [0.2, 0.25) is 0 Å². The predicted octanol–water partition coefficient (Wildman–Crippen LogP) is 3.98. The van der Waals surface area contributed by atoms with E-state index in [4.69, 9.17) is 4.74 Å². The zero-order chi connectivity index (χ0) is 19.2. The van der Waals surface area contributed by atoms with Gasteiger partial charge in [0.05, 0.1) is 0 Å². The number of hydrogen-bond acceptors (Lipinski definition) is 3. The molecule has 2 aromatic rings. The molecule has 0 saturated carbocycles. The molecule has 0 aromatic heterocycles. The molecule has 4 heteroatoms. The van der Waals surface area contributed by atoms with Crippen LogP contribution in [0, 0.1) is 13.8 Å². The van der Waals surface area contributed by atoms with E-state index < -0.39 is 6.10 Å². The summed E-state index contributed by atoms with van der Waals surface area (Å²) in [4.78, 5) is 15.0. The second-order valence-electron chi connectivity index (χ2n) is 7.48. The van der Waals surface area contributed by atoms with Crippen LogP contribution in [0.25, 0.3) is 0 Å². The van der Waals surface area contributed by atoms with Gasteiger partial charge in [0.25, 0.3) is 5.91 Å². The van der Waals surface area contributed by atoms with Crippen molar-refractivity contribution in [3.8, 4) is 5.75 Å². The van der Waals surface area contributed by atoms with Crippen molar-refractivity contribution in [3.05, 3.63) is 64.7 Å². The van der Waals surface area contributed by atoms with Gasteiger partial charge in [0.15, 0.2) is 6.10 Å². The third kappa shape index (κ3) is 5.33. The lowest BCUT2D eigenvalue weighted by atomic mass is 10.1. The van der Waals surface area contributed by atoms with Gasteiger partial charge >= 0.3 is 0 Å². The van der Waals surface area contributed by atoms with E-state index in [1.54, 1.807) is 6.92 Å². The van der Waals surface area contributed by atoms with Crippen molar-refractivity contribution in [1.29, 1.82) is 0 Å². The average Bonchev–Trinajstić information content (AvgIpc) is 3.17. The average molecular weight is 367 g/mol. The molecular weight excluding hydrogens is 336 g/mol. The molecule has 1 amide bonds. The molecule has 144 valence electrons. The molecule has 1 heterocycles. The number of carbonyl (C=O) groups is 1. The lowest BCUT2D eigenvalue weighted by molar-refractivity contribution is -0.127. The van der Waals surface area contributed by atoms with E-state index in [-0.39, 0.29) is 5.91 Å². The fourth-order valence-corrected chi connectivity index (χ4v) is 3.44. The zero-order valence-electron chi connectivity index (χ0n) is 16.6. The van der Waals surface area contributed by atoms with Crippen LogP contribution >= 0.6 is 0 Å². The Balaban J connectivity index is 1.55. The minimum Gasteiger partial charge on any atom is -0.481 e. The monoisotopic (exact) mass is 366 g/mol. The smallest absolute Gasteiger partial charge is 0.261 e. The molecule has 2 aromatic carbocycles. The molecule has 27 heavy (non-hydrogen) atoms.